The lowest BCUT2D eigenvalue weighted by molar-refractivity contribution is 0.212. The third-order valence-corrected chi connectivity index (χ3v) is 4.15. The highest BCUT2D eigenvalue weighted by molar-refractivity contribution is 7.80. The van der Waals surface area contributed by atoms with E-state index in [-0.39, 0.29) is 0 Å². The van der Waals surface area contributed by atoms with Gasteiger partial charge >= 0.3 is 0 Å². The zero-order chi connectivity index (χ0) is 14.4. The number of ether oxygens (including phenoxy) is 1. The molecule has 1 saturated heterocycles. The molecule has 1 aliphatic heterocycles. The number of hydrogen-bond donors (Lipinski definition) is 1. The summed E-state index contributed by atoms with van der Waals surface area (Å²) in [5, 5.41) is 0. The second kappa shape index (κ2) is 7.60. The van der Waals surface area contributed by atoms with Gasteiger partial charge in [-0.1, -0.05) is 31.3 Å². The molecule has 1 aromatic carbocycles. The molecule has 0 aromatic heterocycles. The fourth-order valence-corrected chi connectivity index (χ4v) is 2.80. The molecule has 1 atom stereocenters. The monoisotopic (exact) mass is 292 g/mol. The highest BCUT2D eigenvalue weighted by Gasteiger charge is 2.13. The van der Waals surface area contributed by atoms with Crippen LogP contribution in [0.3, 0.4) is 0 Å². The van der Waals surface area contributed by atoms with Gasteiger partial charge in [-0.3, -0.25) is 4.90 Å². The summed E-state index contributed by atoms with van der Waals surface area (Å²) in [4.78, 5) is 2.89. The van der Waals surface area contributed by atoms with Gasteiger partial charge in [-0.15, -0.1) is 0 Å². The van der Waals surface area contributed by atoms with Crippen LogP contribution in [0.5, 0.6) is 5.75 Å². The van der Waals surface area contributed by atoms with Gasteiger partial charge in [0.15, 0.2) is 0 Å². The van der Waals surface area contributed by atoms with E-state index in [1.54, 1.807) is 0 Å². The van der Waals surface area contributed by atoms with Crippen molar-refractivity contribution in [1.29, 1.82) is 0 Å². The molecule has 0 aliphatic carbocycles. The quantitative estimate of drug-likeness (QED) is 0.847. The van der Waals surface area contributed by atoms with Gasteiger partial charge < -0.3 is 10.5 Å². The maximum Gasteiger partial charge on any atom is 0.129 e. The van der Waals surface area contributed by atoms with E-state index in [1.807, 2.05) is 24.3 Å². The summed E-state index contributed by atoms with van der Waals surface area (Å²) >= 11 is 5.04. The van der Waals surface area contributed by atoms with Gasteiger partial charge in [0.2, 0.25) is 0 Å². The standard InChI is InChI=1S/C16H24N2OS/c1-13-5-4-9-18(10-8-13)11-12-19-15-7-3-2-6-14(15)16(17)20/h2-3,6-7,13H,4-5,8-12H2,1H3,(H2,17,20). The second-order valence-electron chi connectivity index (χ2n) is 5.59. The Hall–Kier alpha value is -1.13. The molecular weight excluding hydrogens is 268 g/mol. The van der Waals surface area contributed by atoms with Crippen LogP contribution in [0.25, 0.3) is 0 Å². The number of nitrogens with two attached hydrogens (primary N) is 1. The average Bonchev–Trinajstić information content (AvgIpc) is 2.64. The molecule has 1 heterocycles. The van der Waals surface area contributed by atoms with Gasteiger partial charge in [0, 0.05) is 6.54 Å². The summed E-state index contributed by atoms with van der Waals surface area (Å²) in [7, 11) is 0. The van der Waals surface area contributed by atoms with E-state index in [2.05, 4.69) is 11.8 Å². The number of benzene rings is 1. The normalized spacial score (nSPS) is 20.4. The lowest BCUT2D eigenvalue weighted by Gasteiger charge is -2.20. The number of hydrogen-bond acceptors (Lipinski definition) is 3. The largest absolute Gasteiger partial charge is 0.492 e. The number of para-hydroxylation sites is 1. The molecule has 0 radical (unpaired) electrons. The van der Waals surface area contributed by atoms with E-state index in [4.69, 9.17) is 22.7 Å². The summed E-state index contributed by atoms with van der Waals surface area (Å²) in [5.41, 5.74) is 6.53. The average molecular weight is 292 g/mol. The van der Waals surface area contributed by atoms with E-state index in [1.165, 1.54) is 32.4 Å². The topological polar surface area (TPSA) is 38.5 Å². The number of rotatable bonds is 5. The van der Waals surface area contributed by atoms with E-state index < -0.39 is 0 Å². The predicted octanol–water partition coefficient (Wildman–Crippen LogP) is 2.82. The van der Waals surface area contributed by atoms with Crippen molar-refractivity contribution in [3.05, 3.63) is 29.8 Å². The van der Waals surface area contributed by atoms with Crippen molar-refractivity contribution < 1.29 is 4.74 Å². The first-order valence-corrected chi connectivity index (χ1v) is 7.81. The first-order chi connectivity index (χ1) is 9.66. The fraction of sp³-hybridized carbons (Fsp3) is 0.562. The van der Waals surface area contributed by atoms with Crippen LogP contribution in [0.1, 0.15) is 31.7 Å². The van der Waals surface area contributed by atoms with Gasteiger partial charge in [-0.25, -0.2) is 0 Å². The van der Waals surface area contributed by atoms with E-state index in [9.17, 15) is 0 Å². The highest BCUT2D eigenvalue weighted by Crippen LogP contribution is 2.19. The lowest BCUT2D eigenvalue weighted by atomic mass is 10.0. The summed E-state index contributed by atoms with van der Waals surface area (Å²) < 4.78 is 5.86. The van der Waals surface area contributed by atoms with Gasteiger partial charge in [-0.05, 0) is 50.4 Å². The Balaban J connectivity index is 1.82. The van der Waals surface area contributed by atoms with Crippen LogP contribution in [-0.2, 0) is 0 Å². The van der Waals surface area contributed by atoms with Gasteiger partial charge in [-0.2, -0.15) is 0 Å². The lowest BCUT2D eigenvalue weighted by Crippen LogP contribution is -2.29. The summed E-state index contributed by atoms with van der Waals surface area (Å²) in [6.07, 6.45) is 3.94. The zero-order valence-electron chi connectivity index (χ0n) is 12.2. The first kappa shape index (κ1) is 15.3. The molecule has 0 spiro atoms. The van der Waals surface area contributed by atoms with E-state index >= 15 is 0 Å². The van der Waals surface area contributed by atoms with Crippen molar-refractivity contribution in [2.45, 2.75) is 26.2 Å². The van der Waals surface area contributed by atoms with E-state index in [0.29, 0.717) is 11.6 Å². The molecule has 1 aromatic rings. The van der Waals surface area contributed by atoms with Crippen LogP contribution in [0.15, 0.2) is 24.3 Å². The first-order valence-electron chi connectivity index (χ1n) is 7.41. The minimum absolute atomic E-state index is 0.393. The molecule has 1 aliphatic rings. The highest BCUT2D eigenvalue weighted by atomic mass is 32.1. The minimum atomic E-state index is 0.393. The molecule has 1 fully saturated rings. The molecule has 0 saturated carbocycles. The van der Waals surface area contributed by atoms with Gasteiger partial charge in [0.05, 0.1) is 5.56 Å². The molecule has 2 rings (SSSR count). The Morgan fingerprint density at radius 1 is 1.35 bits per heavy atom. The van der Waals surface area contributed by atoms with Crippen molar-refractivity contribution in [1.82, 2.24) is 4.90 Å². The fourth-order valence-electron chi connectivity index (χ4n) is 2.63. The Morgan fingerprint density at radius 2 is 2.15 bits per heavy atom. The summed E-state index contributed by atoms with van der Waals surface area (Å²) in [5.74, 6) is 1.65. The molecule has 3 nitrogen and oxygen atoms in total. The van der Waals surface area contributed by atoms with Gasteiger partial charge in [0.25, 0.3) is 0 Å². The van der Waals surface area contributed by atoms with Crippen molar-refractivity contribution in [3.8, 4) is 5.75 Å². The molecule has 0 amide bonds. The SMILES string of the molecule is CC1CCCN(CCOc2ccccc2C(N)=S)CC1. The third kappa shape index (κ3) is 4.46. The van der Waals surface area contributed by atoms with Crippen LogP contribution >= 0.6 is 12.2 Å². The van der Waals surface area contributed by atoms with Crippen LogP contribution in [0.4, 0.5) is 0 Å². The molecule has 0 bridgehead atoms. The van der Waals surface area contributed by atoms with Gasteiger partial charge in [0.1, 0.15) is 17.3 Å². The van der Waals surface area contributed by atoms with Crippen LogP contribution in [0.2, 0.25) is 0 Å². The molecule has 2 N–H and O–H groups in total. The third-order valence-electron chi connectivity index (χ3n) is 3.93. The predicted molar refractivity (Wildman–Crippen MR) is 87.3 cm³/mol. The van der Waals surface area contributed by atoms with Crippen molar-refractivity contribution in [3.63, 3.8) is 0 Å². The molecular formula is C16H24N2OS. The van der Waals surface area contributed by atoms with E-state index in [0.717, 1.165) is 23.8 Å². The summed E-state index contributed by atoms with van der Waals surface area (Å²) in [6, 6.07) is 7.71. The molecule has 20 heavy (non-hydrogen) atoms. The summed E-state index contributed by atoms with van der Waals surface area (Å²) in [6.45, 7) is 6.37. The van der Waals surface area contributed by atoms with Crippen LogP contribution in [-0.4, -0.2) is 36.1 Å². The van der Waals surface area contributed by atoms with Crippen molar-refractivity contribution in [2.24, 2.45) is 11.7 Å². The molecule has 4 heteroatoms. The number of likely N-dealkylation sites (tertiary alicyclic amines) is 1. The maximum absolute atomic E-state index is 5.86. The zero-order valence-corrected chi connectivity index (χ0v) is 13.0. The Bertz CT molecular complexity index is 450. The maximum atomic E-state index is 5.86. The van der Waals surface area contributed by atoms with Crippen molar-refractivity contribution >= 4 is 17.2 Å². The second-order valence-corrected chi connectivity index (χ2v) is 6.03. The molecule has 1 unspecified atom stereocenters. The van der Waals surface area contributed by atoms with Crippen LogP contribution in [0, 0.1) is 5.92 Å². The van der Waals surface area contributed by atoms with Crippen LogP contribution < -0.4 is 10.5 Å². The minimum Gasteiger partial charge on any atom is -0.492 e. The number of thiocarbonyl (C=S) groups is 1. The molecule has 110 valence electrons. The smallest absolute Gasteiger partial charge is 0.129 e. The Labute approximate surface area is 127 Å². The Morgan fingerprint density at radius 3 is 2.95 bits per heavy atom. The van der Waals surface area contributed by atoms with Crippen molar-refractivity contribution in [2.75, 3.05) is 26.2 Å². The number of nitrogens with zero attached hydrogens (tertiary/aromatic N) is 1. The Kier molecular flexibility index (Phi) is 5.80.